The largest absolute Gasteiger partial charge is 0.508 e. The summed E-state index contributed by atoms with van der Waals surface area (Å²) in [5.74, 6) is -1.74. The second-order valence-electron chi connectivity index (χ2n) is 7.24. The maximum atomic E-state index is 12.8. The number of ketones is 1. The van der Waals surface area contributed by atoms with E-state index in [2.05, 4.69) is 0 Å². The van der Waals surface area contributed by atoms with Crippen LogP contribution in [0.15, 0.2) is 36.4 Å². The first-order valence-corrected chi connectivity index (χ1v) is 9.55. The van der Waals surface area contributed by atoms with Crippen LogP contribution in [0.3, 0.4) is 0 Å². The summed E-state index contributed by atoms with van der Waals surface area (Å²) in [4.78, 5) is 12.8. The molecule has 5 atom stereocenters. The summed E-state index contributed by atoms with van der Waals surface area (Å²) in [5.41, 5.74) is 0.495. The molecule has 0 aliphatic carbocycles. The van der Waals surface area contributed by atoms with Gasteiger partial charge in [-0.1, -0.05) is 12.1 Å². The highest BCUT2D eigenvalue weighted by atomic mass is 16.7. The molecule has 1 fully saturated rings. The van der Waals surface area contributed by atoms with Gasteiger partial charge in [-0.25, -0.2) is 0 Å². The third-order valence-electron chi connectivity index (χ3n) is 5.01. The zero-order valence-corrected chi connectivity index (χ0v) is 16.3. The van der Waals surface area contributed by atoms with Crippen molar-refractivity contribution in [2.45, 2.75) is 43.5 Å². The fourth-order valence-electron chi connectivity index (χ4n) is 3.30. The van der Waals surface area contributed by atoms with Gasteiger partial charge in [-0.2, -0.15) is 0 Å². The molecule has 0 amide bonds. The van der Waals surface area contributed by atoms with E-state index in [1.165, 1.54) is 12.1 Å². The Bertz CT molecular complexity index is 911. The third kappa shape index (κ3) is 5.06. The SMILES string of the molecule is O=C(CCc1ccc(O)cc1)c1c(O)cc(O)cc1O[C@@H]1OC(CO)C(O)C(O)C1O. The lowest BCUT2D eigenvalue weighted by Gasteiger charge is -2.39. The van der Waals surface area contributed by atoms with Crippen molar-refractivity contribution in [1.29, 1.82) is 0 Å². The summed E-state index contributed by atoms with van der Waals surface area (Å²) < 4.78 is 10.7. The molecule has 1 heterocycles. The van der Waals surface area contributed by atoms with Gasteiger partial charge in [0.1, 0.15) is 53.0 Å². The van der Waals surface area contributed by atoms with Crippen molar-refractivity contribution in [3.63, 3.8) is 0 Å². The molecule has 4 unspecified atom stereocenters. The molecule has 0 spiro atoms. The number of phenols is 3. The second-order valence-corrected chi connectivity index (χ2v) is 7.24. The molecule has 1 saturated heterocycles. The van der Waals surface area contributed by atoms with Crippen LogP contribution < -0.4 is 4.74 Å². The highest BCUT2D eigenvalue weighted by Gasteiger charge is 2.45. The Kier molecular flexibility index (Phi) is 6.98. The van der Waals surface area contributed by atoms with Crippen molar-refractivity contribution in [2.75, 3.05) is 6.61 Å². The molecular formula is C21H24O10. The number of aryl methyl sites for hydroxylation is 1. The van der Waals surface area contributed by atoms with Gasteiger partial charge in [0.15, 0.2) is 5.78 Å². The van der Waals surface area contributed by atoms with Crippen LogP contribution in [0.2, 0.25) is 0 Å². The normalized spacial score (nSPS) is 25.9. The van der Waals surface area contributed by atoms with Gasteiger partial charge < -0.3 is 45.2 Å². The van der Waals surface area contributed by atoms with Crippen LogP contribution in [-0.2, 0) is 11.2 Å². The van der Waals surface area contributed by atoms with Crippen LogP contribution >= 0.6 is 0 Å². The van der Waals surface area contributed by atoms with Crippen molar-refractivity contribution in [2.24, 2.45) is 0 Å². The van der Waals surface area contributed by atoms with Gasteiger partial charge in [0, 0.05) is 18.6 Å². The topological polar surface area (TPSA) is 177 Å². The van der Waals surface area contributed by atoms with Crippen molar-refractivity contribution >= 4 is 5.78 Å². The van der Waals surface area contributed by atoms with Crippen LogP contribution in [0, 0.1) is 0 Å². The summed E-state index contributed by atoms with van der Waals surface area (Å²) in [6, 6.07) is 8.23. The summed E-state index contributed by atoms with van der Waals surface area (Å²) in [6.07, 6.45) is -7.61. The van der Waals surface area contributed by atoms with Gasteiger partial charge in [-0.3, -0.25) is 4.79 Å². The average Bonchev–Trinajstić information content (AvgIpc) is 2.73. The molecule has 10 heteroatoms. The summed E-state index contributed by atoms with van der Waals surface area (Å²) in [6.45, 7) is -0.672. The number of Topliss-reactive ketones (excluding diaryl/α,β-unsaturated/α-hetero) is 1. The molecule has 7 N–H and O–H groups in total. The molecule has 0 bridgehead atoms. The Labute approximate surface area is 177 Å². The fraction of sp³-hybridized carbons (Fsp3) is 0.381. The summed E-state index contributed by atoms with van der Waals surface area (Å²) in [7, 11) is 0. The maximum Gasteiger partial charge on any atom is 0.229 e. The zero-order chi connectivity index (χ0) is 22.7. The van der Waals surface area contributed by atoms with Gasteiger partial charge in [0.25, 0.3) is 0 Å². The Balaban J connectivity index is 1.82. The molecule has 10 nitrogen and oxygen atoms in total. The van der Waals surface area contributed by atoms with E-state index in [-0.39, 0.29) is 23.5 Å². The number of hydrogen-bond acceptors (Lipinski definition) is 10. The number of ether oxygens (including phenoxy) is 2. The first-order valence-electron chi connectivity index (χ1n) is 9.55. The Morgan fingerprint density at radius 1 is 0.935 bits per heavy atom. The van der Waals surface area contributed by atoms with Gasteiger partial charge in [-0.15, -0.1) is 0 Å². The molecule has 168 valence electrons. The van der Waals surface area contributed by atoms with Gasteiger partial charge in [-0.05, 0) is 24.1 Å². The number of aliphatic hydroxyl groups is 4. The molecule has 31 heavy (non-hydrogen) atoms. The minimum atomic E-state index is -1.73. The van der Waals surface area contributed by atoms with Gasteiger partial charge >= 0.3 is 0 Å². The monoisotopic (exact) mass is 436 g/mol. The van der Waals surface area contributed by atoms with E-state index in [0.717, 1.165) is 17.7 Å². The predicted molar refractivity (Wildman–Crippen MR) is 105 cm³/mol. The van der Waals surface area contributed by atoms with Crippen LogP contribution in [0.4, 0.5) is 0 Å². The Morgan fingerprint density at radius 2 is 1.61 bits per heavy atom. The number of aromatic hydroxyl groups is 3. The molecule has 0 saturated carbocycles. The van der Waals surface area contributed by atoms with Crippen LogP contribution in [0.5, 0.6) is 23.0 Å². The molecule has 0 radical (unpaired) electrons. The zero-order valence-electron chi connectivity index (χ0n) is 16.3. The number of hydrogen-bond donors (Lipinski definition) is 7. The molecule has 1 aliphatic rings. The first kappa shape index (κ1) is 22.8. The van der Waals surface area contributed by atoms with Crippen molar-refractivity contribution < 1.29 is 50.0 Å². The summed E-state index contributed by atoms with van der Waals surface area (Å²) >= 11 is 0. The smallest absolute Gasteiger partial charge is 0.229 e. The van der Waals surface area contributed by atoms with E-state index < -0.39 is 54.6 Å². The average molecular weight is 436 g/mol. The minimum Gasteiger partial charge on any atom is -0.508 e. The number of aliphatic hydroxyl groups excluding tert-OH is 4. The lowest BCUT2D eigenvalue weighted by atomic mass is 9.99. The Hall–Kier alpha value is -2.89. The van der Waals surface area contributed by atoms with E-state index >= 15 is 0 Å². The Morgan fingerprint density at radius 3 is 2.26 bits per heavy atom. The molecule has 1 aliphatic heterocycles. The molecule has 3 rings (SSSR count). The number of phenolic OH excluding ortho intramolecular Hbond substituents is 3. The standard InChI is InChI=1S/C21H24O10/c22-9-16-18(27)19(28)20(29)21(31-16)30-15-8-12(24)7-14(26)17(15)13(25)6-3-10-1-4-11(23)5-2-10/h1-2,4-5,7-8,16,18-24,26-29H,3,6,9H2/t16?,18?,19?,20?,21-/m1/s1. The van der Waals surface area contributed by atoms with Crippen molar-refractivity contribution in [3.8, 4) is 23.0 Å². The quantitative estimate of drug-likeness (QED) is 0.288. The lowest BCUT2D eigenvalue weighted by molar-refractivity contribution is -0.277. The van der Waals surface area contributed by atoms with E-state index in [4.69, 9.17) is 9.47 Å². The third-order valence-corrected chi connectivity index (χ3v) is 5.01. The highest BCUT2D eigenvalue weighted by Crippen LogP contribution is 2.36. The van der Waals surface area contributed by atoms with Crippen molar-refractivity contribution in [1.82, 2.24) is 0 Å². The summed E-state index contributed by atoms with van der Waals surface area (Å²) in [5, 5.41) is 68.6. The number of rotatable bonds is 7. The number of carbonyl (C=O) groups is 1. The van der Waals surface area contributed by atoms with Crippen LogP contribution in [0.25, 0.3) is 0 Å². The van der Waals surface area contributed by atoms with E-state index in [1.807, 2.05) is 0 Å². The molecular weight excluding hydrogens is 412 g/mol. The fourth-order valence-corrected chi connectivity index (χ4v) is 3.30. The molecule has 0 aromatic heterocycles. The van der Waals surface area contributed by atoms with Crippen LogP contribution in [0.1, 0.15) is 22.3 Å². The lowest BCUT2D eigenvalue weighted by Crippen LogP contribution is -2.60. The highest BCUT2D eigenvalue weighted by molar-refractivity contribution is 6.01. The van der Waals surface area contributed by atoms with E-state index in [0.29, 0.717) is 6.42 Å². The maximum absolute atomic E-state index is 12.8. The minimum absolute atomic E-state index is 0.0475. The van der Waals surface area contributed by atoms with E-state index in [1.54, 1.807) is 12.1 Å². The number of carbonyl (C=O) groups excluding carboxylic acids is 1. The van der Waals surface area contributed by atoms with E-state index in [9.17, 15) is 40.5 Å². The predicted octanol–water partition coefficient (Wildman–Crippen LogP) is -0.202. The van der Waals surface area contributed by atoms with Crippen molar-refractivity contribution in [3.05, 3.63) is 47.5 Å². The van der Waals surface area contributed by atoms with Crippen LogP contribution in [-0.4, -0.2) is 78.8 Å². The van der Waals surface area contributed by atoms with Gasteiger partial charge in [0.05, 0.1) is 6.61 Å². The first-order chi connectivity index (χ1) is 14.7. The number of benzene rings is 2. The molecule has 2 aromatic carbocycles. The molecule has 2 aromatic rings. The second kappa shape index (κ2) is 9.50. The van der Waals surface area contributed by atoms with Gasteiger partial charge in [0.2, 0.25) is 6.29 Å².